The van der Waals surface area contributed by atoms with Gasteiger partial charge in [0.15, 0.2) is 0 Å². The Bertz CT molecular complexity index is 641. The molecular weight excluding hydrogens is 338 g/mol. The van der Waals surface area contributed by atoms with E-state index in [1.165, 1.54) is 18.2 Å². The second kappa shape index (κ2) is 6.69. The van der Waals surface area contributed by atoms with Crippen molar-refractivity contribution in [2.75, 3.05) is 0 Å². The van der Waals surface area contributed by atoms with Crippen molar-refractivity contribution in [2.24, 2.45) is 0 Å². The number of hydrogen-bond acceptors (Lipinski definition) is 4. The highest BCUT2D eigenvalue weighted by Crippen LogP contribution is 2.30. The van der Waals surface area contributed by atoms with Gasteiger partial charge in [0.1, 0.15) is 12.4 Å². The van der Waals surface area contributed by atoms with Gasteiger partial charge in [0.25, 0.3) is 5.69 Å². The van der Waals surface area contributed by atoms with Crippen molar-refractivity contribution in [1.29, 1.82) is 0 Å². The van der Waals surface area contributed by atoms with Crippen molar-refractivity contribution < 1.29 is 14.8 Å². The first-order valence-corrected chi connectivity index (χ1v) is 7.10. The van der Waals surface area contributed by atoms with E-state index in [1.54, 1.807) is 6.92 Å². The summed E-state index contributed by atoms with van der Waals surface area (Å²) in [5.41, 5.74) is 1.30. The van der Waals surface area contributed by atoms with E-state index in [4.69, 9.17) is 4.74 Å². The molecule has 0 amide bonds. The Balaban J connectivity index is 2.19. The van der Waals surface area contributed by atoms with Crippen molar-refractivity contribution in [3.63, 3.8) is 0 Å². The summed E-state index contributed by atoms with van der Waals surface area (Å²) in [5, 5.41) is 20.5. The lowest BCUT2D eigenvalue weighted by Crippen LogP contribution is -2.02. The molecule has 0 heterocycles. The Morgan fingerprint density at radius 3 is 2.52 bits per heavy atom. The molecule has 110 valence electrons. The first kappa shape index (κ1) is 15.5. The van der Waals surface area contributed by atoms with Gasteiger partial charge in [-0.2, -0.15) is 0 Å². The van der Waals surface area contributed by atoms with Gasteiger partial charge in [0.05, 0.1) is 11.0 Å². The Morgan fingerprint density at radius 2 is 1.95 bits per heavy atom. The highest BCUT2D eigenvalue weighted by atomic mass is 79.9. The molecule has 0 spiro atoms. The number of halogens is 1. The highest BCUT2D eigenvalue weighted by Gasteiger charge is 2.15. The third-order valence-corrected chi connectivity index (χ3v) is 3.49. The molecule has 0 aromatic heterocycles. The minimum atomic E-state index is -0.843. The van der Waals surface area contributed by atoms with E-state index in [0.29, 0.717) is 17.9 Å². The zero-order valence-electron chi connectivity index (χ0n) is 11.3. The molecule has 0 saturated heterocycles. The van der Waals surface area contributed by atoms with Crippen LogP contribution >= 0.6 is 15.9 Å². The zero-order chi connectivity index (χ0) is 15.4. The minimum absolute atomic E-state index is 0.0677. The van der Waals surface area contributed by atoms with Gasteiger partial charge in [-0.25, -0.2) is 0 Å². The predicted molar refractivity (Wildman–Crippen MR) is 82.2 cm³/mol. The fraction of sp³-hybridized carbons (Fsp3) is 0.200. The maximum Gasteiger partial charge on any atom is 0.270 e. The maximum atomic E-state index is 10.8. The molecule has 0 saturated carbocycles. The normalized spacial score (nSPS) is 12.0. The number of benzene rings is 2. The summed E-state index contributed by atoms with van der Waals surface area (Å²) in [6, 6.07) is 11.9. The van der Waals surface area contributed by atoms with E-state index >= 15 is 0 Å². The van der Waals surface area contributed by atoms with Crippen molar-refractivity contribution in [1.82, 2.24) is 0 Å². The second-order valence-electron chi connectivity index (χ2n) is 4.57. The molecule has 0 fully saturated rings. The van der Waals surface area contributed by atoms with E-state index < -0.39 is 11.0 Å². The van der Waals surface area contributed by atoms with Gasteiger partial charge in [0.2, 0.25) is 0 Å². The van der Waals surface area contributed by atoms with E-state index in [2.05, 4.69) is 15.9 Å². The molecule has 0 unspecified atom stereocenters. The zero-order valence-corrected chi connectivity index (χ0v) is 12.9. The molecule has 21 heavy (non-hydrogen) atoms. The molecule has 0 aliphatic heterocycles. The Morgan fingerprint density at radius 1 is 1.29 bits per heavy atom. The molecule has 2 rings (SSSR count). The van der Waals surface area contributed by atoms with Crippen LogP contribution in [0, 0.1) is 10.1 Å². The van der Waals surface area contributed by atoms with Crippen molar-refractivity contribution in [3.05, 3.63) is 68.2 Å². The summed E-state index contributed by atoms with van der Waals surface area (Å²) in [5.74, 6) is 0.443. The Hall–Kier alpha value is -1.92. The molecule has 2 aromatic rings. The van der Waals surface area contributed by atoms with Gasteiger partial charge < -0.3 is 9.84 Å². The van der Waals surface area contributed by atoms with Crippen LogP contribution in [0.1, 0.15) is 24.2 Å². The van der Waals surface area contributed by atoms with E-state index in [0.717, 1.165) is 10.0 Å². The Kier molecular flexibility index (Phi) is 4.93. The number of hydrogen-bond donors (Lipinski definition) is 1. The van der Waals surface area contributed by atoms with E-state index in [1.807, 2.05) is 24.3 Å². The summed E-state index contributed by atoms with van der Waals surface area (Å²) >= 11 is 3.36. The second-order valence-corrected chi connectivity index (χ2v) is 5.49. The first-order valence-electron chi connectivity index (χ1n) is 6.31. The maximum absolute atomic E-state index is 10.8. The van der Waals surface area contributed by atoms with Crippen LogP contribution in [0.4, 0.5) is 5.69 Å². The van der Waals surface area contributed by atoms with Crippen LogP contribution in [0.25, 0.3) is 0 Å². The lowest BCUT2D eigenvalue weighted by Gasteiger charge is -2.13. The molecule has 5 nitrogen and oxygen atoms in total. The molecule has 0 radical (unpaired) electrons. The van der Waals surface area contributed by atoms with Crippen LogP contribution in [0.15, 0.2) is 46.9 Å². The number of nitrogens with zero attached hydrogens (tertiary/aromatic N) is 1. The van der Waals surface area contributed by atoms with Crippen LogP contribution in [0.2, 0.25) is 0 Å². The number of ether oxygens (including phenoxy) is 1. The summed E-state index contributed by atoms with van der Waals surface area (Å²) in [6.07, 6.45) is -0.843. The number of non-ortho nitro benzene ring substituents is 1. The smallest absolute Gasteiger partial charge is 0.270 e. The third-order valence-electron chi connectivity index (χ3n) is 2.96. The number of nitro benzene ring substituents is 1. The summed E-state index contributed by atoms with van der Waals surface area (Å²) in [7, 11) is 0. The molecule has 0 bridgehead atoms. The molecule has 1 atom stereocenters. The Labute approximate surface area is 130 Å². The summed E-state index contributed by atoms with van der Waals surface area (Å²) in [4.78, 5) is 10.3. The van der Waals surface area contributed by atoms with E-state index in [-0.39, 0.29) is 5.69 Å². The van der Waals surface area contributed by atoms with Gasteiger partial charge in [-0.3, -0.25) is 10.1 Å². The van der Waals surface area contributed by atoms with Crippen molar-refractivity contribution >= 4 is 21.6 Å². The number of nitro groups is 1. The summed E-state index contributed by atoms with van der Waals surface area (Å²) < 4.78 is 6.64. The van der Waals surface area contributed by atoms with Gasteiger partial charge in [-0.1, -0.05) is 28.1 Å². The number of aliphatic hydroxyl groups excluding tert-OH is 1. The quantitative estimate of drug-likeness (QED) is 0.652. The molecular formula is C15H14BrNO4. The molecule has 1 N–H and O–H groups in total. The first-order chi connectivity index (χ1) is 9.97. The summed E-state index contributed by atoms with van der Waals surface area (Å²) in [6.45, 7) is 1.87. The van der Waals surface area contributed by atoms with E-state index in [9.17, 15) is 15.2 Å². The average molecular weight is 352 g/mol. The topological polar surface area (TPSA) is 72.6 Å². The van der Waals surface area contributed by atoms with Crippen LogP contribution in [-0.2, 0) is 6.61 Å². The predicted octanol–water partition coefficient (Wildman–Crippen LogP) is 3.99. The minimum Gasteiger partial charge on any atom is -0.489 e. The molecule has 0 aliphatic carbocycles. The van der Waals surface area contributed by atoms with Gasteiger partial charge in [0, 0.05) is 22.2 Å². The fourth-order valence-corrected chi connectivity index (χ4v) is 2.11. The lowest BCUT2D eigenvalue weighted by atomic mass is 10.1. The molecule has 2 aromatic carbocycles. The van der Waals surface area contributed by atoms with Gasteiger partial charge >= 0.3 is 0 Å². The van der Waals surface area contributed by atoms with Crippen molar-refractivity contribution in [2.45, 2.75) is 19.6 Å². The van der Waals surface area contributed by atoms with Crippen molar-refractivity contribution in [3.8, 4) is 5.75 Å². The standard InChI is InChI=1S/C15H14BrNO4/c1-10(18)14-8-13(17(19)20)6-7-15(14)21-9-11-2-4-12(16)5-3-11/h2-8,10,18H,9H2,1H3/t10-/m0/s1. The number of aliphatic hydroxyl groups is 1. The number of rotatable bonds is 5. The lowest BCUT2D eigenvalue weighted by molar-refractivity contribution is -0.385. The molecule has 0 aliphatic rings. The SMILES string of the molecule is C[C@H](O)c1cc([N+](=O)[O-])ccc1OCc1ccc(Br)cc1. The van der Waals surface area contributed by atoms with Gasteiger partial charge in [-0.05, 0) is 30.7 Å². The monoisotopic (exact) mass is 351 g/mol. The molecule has 6 heteroatoms. The van der Waals surface area contributed by atoms with Crippen LogP contribution < -0.4 is 4.74 Å². The van der Waals surface area contributed by atoms with Gasteiger partial charge in [-0.15, -0.1) is 0 Å². The average Bonchev–Trinajstić information content (AvgIpc) is 2.46. The van der Waals surface area contributed by atoms with Crippen LogP contribution in [0.5, 0.6) is 5.75 Å². The third kappa shape index (κ3) is 4.03. The largest absolute Gasteiger partial charge is 0.489 e. The fourth-order valence-electron chi connectivity index (χ4n) is 1.85. The van der Waals surface area contributed by atoms with Crippen LogP contribution in [0.3, 0.4) is 0 Å². The highest BCUT2D eigenvalue weighted by molar-refractivity contribution is 9.10. The van der Waals surface area contributed by atoms with Crippen LogP contribution in [-0.4, -0.2) is 10.0 Å².